The molecule has 1 N–H and O–H groups in total. The molecule has 5 nitrogen and oxygen atoms in total. The first-order valence-electron chi connectivity index (χ1n) is 10.1. The summed E-state index contributed by atoms with van der Waals surface area (Å²) in [5.74, 6) is 2.41. The molecule has 0 amide bonds. The molecule has 0 radical (unpaired) electrons. The van der Waals surface area contributed by atoms with E-state index in [1.165, 1.54) is 18.4 Å². The highest BCUT2D eigenvalue weighted by molar-refractivity contribution is 5.53. The Morgan fingerprint density at radius 1 is 1.12 bits per heavy atom. The van der Waals surface area contributed by atoms with Crippen LogP contribution >= 0.6 is 0 Å². The zero-order valence-electron chi connectivity index (χ0n) is 17.1. The minimum Gasteiger partial charge on any atom is -0.374 e. The maximum atomic E-state index is 6.01. The lowest BCUT2D eigenvalue weighted by molar-refractivity contribution is 0.0998. The monoisotopic (exact) mass is 348 g/mol. The number of fused-ring (bicyclic) bond motifs is 6. The van der Waals surface area contributed by atoms with Crippen molar-refractivity contribution in [1.29, 1.82) is 0 Å². The number of hydrogen-bond donors (Lipinski definition) is 1. The SMILES string of the molecule is CC.CC.Cc1nc(C(C)C)c2c(n1)N1C[C@@H]3CCC(N3)C1COC2. The Morgan fingerprint density at radius 2 is 1.84 bits per heavy atom. The predicted molar refractivity (Wildman–Crippen MR) is 104 cm³/mol. The van der Waals surface area contributed by atoms with Crippen molar-refractivity contribution >= 4 is 5.82 Å². The van der Waals surface area contributed by atoms with Gasteiger partial charge in [-0.25, -0.2) is 9.97 Å². The van der Waals surface area contributed by atoms with Crippen LogP contribution in [0.5, 0.6) is 0 Å². The van der Waals surface area contributed by atoms with Gasteiger partial charge in [0.2, 0.25) is 0 Å². The largest absolute Gasteiger partial charge is 0.374 e. The van der Waals surface area contributed by atoms with Crippen LogP contribution in [-0.4, -0.2) is 41.2 Å². The van der Waals surface area contributed by atoms with Crippen LogP contribution in [0.1, 0.15) is 77.4 Å². The van der Waals surface area contributed by atoms with Crippen LogP contribution in [0.2, 0.25) is 0 Å². The number of aryl methyl sites for hydroxylation is 1. The summed E-state index contributed by atoms with van der Waals surface area (Å²) in [5, 5.41) is 3.74. The summed E-state index contributed by atoms with van der Waals surface area (Å²) in [6.07, 6.45) is 2.53. The van der Waals surface area contributed by atoms with Crippen molar-refractivity contribution in [3.8, 4) is 0 Å². The summed E-state index contributed by atoms with van der Waals surface area (Å²) in [6.45, 7) is 16.9. The van der Waals surface area contributed by atoms with Crippen LogP contribution in [0.3, 0.4) is 0 Å². The molecule has 5 heteroatoms. The first-order chi connectivity index (χ1) is 12.1. The third-order valence-corrected chi connectivity index (χ3v) is 5.04. The summed E-state index contributed by atoms with van der Waals surface area (Å²) in [7, 11) is 0. The Kier molecular flexibility index (Phi) is 7.20. The number of aromatic nitrogens is 2. The third-order valence-electron chi connectivity index (χ3n) is 5.04. The maximum absolute atomic E-state index is 6.01. The van der Waals surface area contributed by atoms with Crippen LogP contribution in [0.4, 0.5) is 5.82 Å². The fourth-order valence-electron chi connectivity index (χ4n) is 4.07. The van der Waals surface area contributed by atoms with Crippen molar-refractivity contribution in [2.45, 2.75) is 92.0 Å². The Hall–Kier alpha value is -1.20. The van der Waals surface area contributed by atoms with E-state index in [0.29, 0.717) is 30.7 Å². The molecule has 25 heavy (non-hydrogen) atoms. The second-order valence-corrected chi connectivity index (χ2v) is 6.90. The molecule has 4 heterocycles. The zero-order valence-corrected chi connectivity index (χ0v) is 17.1. The average Bonchev–Trinajstić information content (AvgIpc) is 2.92. The zero-order chi connectivity index (χ0) is 18.6. The van der Waals surface area contributed by atoms with Crippen molar-refractivity contribution in [2.24, 2.45) is 0 Å². The second kappa shape index (κ2) is 8.95. The molecule has 0 aliphatic carbocycles. The van der Waals surface area contributed by atoms with Gasteiger partial charge in [0.05, 0.1) is 24.9 Å². The van der Waals surface area contributed by atoms with Crippen molar-refractivity contribution in [2.75, 3.05) is 18.1 Å². The molecule has 2 unspecified atom stereocenters. The first kappa shape index (κ1) is 20.1. The van der Waals surface area contributed by atoms with Gasteiger partial charge in [-0.2, -0.15) is 0 Å². The molecular formula is C20H36N4O. The molecule has 4 rings (SSSR count). The number of anilines is 1. The smallest absolute Gasteiger partial charge is 0.138 e. The van der Waals surface area contributed by atoms with Crippen LogP contribution in [0, 0.1) is 6.92 Å². The summed E-state index contributed by atoms with van der Waals surface area (Å²) >= 11 is 0. The Morgan fingerprint density at radius 3 is 2.52 bits per heavy atom. The highest BCUT2D eigenvalue weighted by Crippen LogP contribution is 2.35. The molecule has 0 spiro atoms. The molecule has 2 saturated heterocycles. The number of ether oxygens (including phenoxy) is 1. The predicted octanol–water partition coefficient (Wildman–Crippen LogP) is 3.80. The van der Waals surface area contributed by atoms with Gasteiger partial charge in [-0.3, -0.25) is 0 Å². The molecule has 0 saturated carbocycles. The maximum Gasteiger partial charge on any atom is 0.138 e. The Bertz CT molecular complexity index is 561. The standard InChI is InChI=1S/C16H24N4O.2C2H6/c1-9(2)15-12-7-21-8-14-13-5-4-11(19-13)6-20(14)16(12)18-10(3)17-15;2*1-2/h9,11,13-14,19H,4-8H2,1-3H3;2*1-2H3/t11-,13?,14?;;/m0../s1. The third kappa shape index (κ3) is 3.98. The van der Waals surface area contributed by atoms with Gasteiger partial charge in [0.25, 0.3) is 0 Å². The van der Waals surface area contributed by atoms with E-state index >= 15 is 0 Å². The molecule has 0 aromatic carbocycles. The summed E-state index contributed by atoms with van der Waals surface area (Å²) in [5.41, 5.74) is 2.36. The molecule has 3 atom stereocenters. The highest BCUT2D eigenvalue weighted by Gasteiger charge is 2.43. The summed E-state index contributed by atoms with van der Waals surface area (Å²) in [6, 6.07) is 1.57. The van der Waals surface area contributed by atoms with Crippen LogP contribution in [0.25, 0.3) is 0 Å². The molecule has 142 valence electrons. The quantitative estimate of drug-likeness (QED) is 0.836. The van der Waals surface area contributed by atoms with Crippen LogP contribution in [0.15, 0.2) is 0 Å². The molecule has 1 aromatic rings. The van der Waals surface area contributed by atoms with E-state index in [2.05, 4.69) is 29.0 Å². The van der Waals surface area contributed by atoms with E-state index in [1.54, 1.807) is 0 Å². The highest BCUT2D eigenvalue weighted by atomic mass is 16.5. The van der Waals surface area contributed by atoms with Crippen molar-refractivity contribution in [3.63, 3.8) is 0 Å². The van der Waals surface area contributed by atoms with E-state index in [1.807, 2.05) is 34.6 Å². The number of piperazine rings is 1. The van der Waals surface area contributed by atoms with Gasteiger partial charge < -0.3 is 15.0 Å². The fourth-order valence-corrected chi connectivity index (χ4v) is 4.07. The van der Waals surface area contributed by atoms with E-state index in [9.17, 15) is 0 Å². The summed E-state index contributed by atoms with van der Waals surface area (Å²) < 4.78 is 6.01. The van der Waals surface area contributed by atoms with Crippen molar-refractivity contribution < 1.29 is 4.74 Å². The van der Waals surface area contributed by atoms with Gasteiger partial charge >= 0.3 is 0 Å². The van der Waals surface area contributed by atoms with Crippen molar-refractivity contribution in [1.82, 2.24) is 15.3 Å². The normalized spacial score (nSPS) is 26.6. The number of rotatable bonds is 1. The number of nitrogens with one attached hydrogen (secondary N) is 1. The van der Waals surface area contributed by atoms with Crippen molar-refractivity contribution in [3.05, 3.63) is 17.1 Å². The second-order valence-electron chi connectivity index (χ2n) is 6.90. The molecule has 1 aromatic heterocycles. The number of nitrogens with zero attached hydrogens (tertiary/aromatic N) is 3. The van der Waals surface area contributed by atoms with Crippen LogP contribution in [-0.2, 0) is 11.3 Å². The fraction of sp³-hybridized carbons (Fsp3) is 0.800. The Labute approximate surface area is 153 Å². The minimum atomic E-state index is 0.403. The van der Waals surface area contributed by atoms with Gasteiger partial charge in [0, 0.05) is 24.2 Å². The van der Waals surface area contributed by atoms with E-state index in [4.69, 9.17) is 9.72 Å². The lowest BCUT2D eigenvalue weighted by Crippen LogP contribution is -2.59. The Balaban J connectivity index is 0.000000528. The van der Waals surface area contributed by atoms with E-state index in [-0.39, 0.29) is 0 Å². The first-order valence-corrected chi connectivity index (χ1v) is 10.1. The molecule has 3 aliphatic rings. The average molecular weight is 349 g/mol. The van der Waals surface area contributed by atoms with Gasteiger partial charge in [0.15, 0.2) is 0 Å². The molecule has 2 fully saturated rings. The van der Waals surface area contributed by atoms with Gasteiger partial charge in [-0.15, -0.1) is 0 Å². The lowest BCUT2D eigenvalue weighted by atomic mass is 10.0. The van der Waals surface area contributed by atoms with Gasteiger partial charge in [-0.1, -0.05) is 41.5 Å². The molecule has 2 bridgehead atoms. The van der Waals surface area contributed by atoms with Gasteiger partial charge in [0.1, 0.15) is 11.6 Å². The molecule has 3 aliphatic heterocycles. The van der Waals surface area contributed by atoms with E-state index < -0.39 is 0 Å². The molecular weight excluding hydrogens is 312 g/mol. The van der Waals surface area contributed by atoms with Gasteiger partial charge in [-0.05, 0) is 25.7 Å². The topological polar surface area (TPSA) is 50.3 Å². The lowest BCUT2D eigenvalue weighted by Gasteiger charge is -2.40. The van der Waals surface area contributed by atoms with E-state index in [0.717, 1.165) is 30.5 Å². The number of hydrogen-bond acceptors (Lipinski definition) is 5. The minimum absolute atomic E-state index is 0.403. The van der Waals surface area contributed by atoms with Crippen LogP contribution < -0.4 is 10.2 Å². The summed E-state index contributed by atoms with van der Waals surface area (Å²) in [4.78, 5) is 12.0.